The normalized spacial score (nSPS) is 24.8. The molecule has 2 fully saturated rings. The minimum Gasteiger partial charge on any atom is -0.479 e. The number of aromatic nitrogens is 2. The first-order chi connectivity index (χ1) is 30.9. The maximum atomic E-state index is 15.0. The number of aliphatic hydroxyl groups excluding tert-OH is 4. The van der Waals surface area contributed by atoms with Crippen molar-refractivity contribution in [3.8, 4) is 5.75 Å². The van der Waals surface area contributed by atoms with Crippen molar-refractivity contribution in [1.82, 2.24) is 24.3 Å². The van der Waals surface area contributed by atoms with Gasteiger partial charge >= 0.3 is 23.7 Å². The number of anilines is 2. The largest absolute Gasteiger partial charge is 0.479 e. The number of rotatable bonds is 19. The van der Waals surface area contributed by atoms with Crippen LogP contribution in [-0.4, -0.2) is 195 Å². The Bertz CT molecular complexity index is 2370. The lowest BCUT2D eigenvalue weighted by Crippen LogP contribution is -2.61. The van der Waals surface area contributed by atoms with Crippen molar-refractivity contribution in [2.45, 2.75) is 68.1 Å². The summed E-state index contributed by atoms with van der Waals surface area (Å²) in [5, 5.41) is 53.2. The maximum Gasteiger partial charge on any atom is 0.411 e. The zero-order valence-corrected chi connectivity index (χ0v) is 35.6. The third-order valence-corrected chi connectivity index (χ3v) is 10.9. The highest BCUT2D eigenvalue weighted by atomic mass is 32.2. The molecule has 3 aliphatic rings. The number of amides is 5. The first kappa shape index (κ1) is 50.8. The van der Waals surface area contributed by atoms with Gasteiger partial charge in [0, 0.05) is 51.2 Å². The Morgan fingerprint density at radius 3 is 2.33 bits per heavy atom. The number of nitrogens with zero attached hydrogens (tertiary/aromatic N) is 5. The third kappa shape index (κ3) is 12.4. The Morgan fingerprint density at radius 2 is 1.70 bits per heavy atom. The SMILES string of the molecule is CN(CC(=O)Nc1cc(COC(=O)N(CCS(C)(=O)=O)COC[C@@H]2O[C@H](n3ccc(N)nc3=O)C(F)(F)[C@H]2O)ccc1O[C@H]1O[C@@H](C(=O)O)[C@H](O)[C@@H](O)[C@@H]1O)C(=O)CCN1C(=O)C=CC1=O. The van der Waals surface area contributed by atoms with Gasteiger partial charge in [0.05, 0.1) is 24.6 Å². The van der Waals surface area contributed by atoms with E-state index in [2.05, 4.69) is 10.3 Å². The highest BCUT2D eigenvalue weighted by Gasteiger charge is 2.59. The summed E-state index contributed by atoms with van der Waals surface area (Å²) in [5.74, 6) is -9.82. The average Bonchev–Trinajstić information content (AvgIpc) is 3.68. The van der Waals surface area contributed by atoms with E-state index >= 15 is 8.78 Å². The zero-order chi connectivity index (χ0) is 48.8. The van der Waals surface area contributed by atoms with Crippen molar-refractivity contribution in [3.63, 3.8) is 0 Å². The fraction of sp³-hybridized carbons (Fsp3) is 0.514. The number of carbonyl (C=O) groups is 6. The number of nitrogens with two attached hydrogens (primary N) is 1. The van der Waals surface area contributed by atoms with Crippen LogP contribution in [0, 0.1) is 0 Å². The number of nitrogens with one attached hydrogen (secondary N) is 1. The number of likely N-dealkylation sites (N-methyl/N-ethyl adjacent to an activating group) is 1. The summed E-state index contributed by atoms with van der Waals surface area (Å²) in [6, 6.07) is 4.58. The van der Waals surface area contributed by atoms with Gasteiger partial charge in [-0.2, -0.15) is 13.8 Å². The lowest BCUT2D eigenvalue weighted by molar-refractivity contribution is -0.271. The predicted molar refractivity (Wildman–Crippen MR) is 213 cm³/mol. The smallest absolute Gasteiger partial charge is 0.411 e. The summed E-state index contributed by atoms with van der Waals surface area (Å²) >= 11 is 0. The standard InChI is InChI=1S/C37H45F2N7O19S/c1-43(24(48)8-10-45-25(49)5-6-26(45)50)14-23(47)41-19-13-18(3-4-20(19)63-33-29(53)27(51)28(52)30(65-33)32(55)56)15-62-36(58)44(11-12-66(2,59)60)17-61-16-21-31(54)37(38,39)34(64-21)46-9-7-22(40)42-35(46)57/h3-7,9,13,21,27-31,33-34,51-54H,8,10-12,14-17H2,1-2H3,(H,41,47)(H,55,56)(H2,40,42,57)/t21-,27+,28+,29-,30+,31-,33-,34-/m0/s1. The molecule has 2 saturated heterocycles. The van der Waals surface area contributed by atoms with Crippen LogP contribution in [0.4, 0.5) is 25.1 Å². The highest BCUT2D eigenvalue weighted by molar-refractivity contribution is 7.90. The number of benzene rings is 1. The molecule has 1 aromatic carbocycles. The fourth-order valence-electron chi connectivity index (χ4n) is 6.40. The molecule has 0 bridgehead atoms. The Morgan fingerprint density at radius 1 is 1.02 bits per heavy atom. The van der Waals surface area contributed by atoms with Gasteiger partial charge < -0.3 is 65.2 Å². The Kier molecular flexibility index (Phi) is 16.1. The van der Waals surface area contributed by atoms with Crippen LogP contribution in [0.2, 0.25) is 0 Å². The first-order valence-electron chi connectivity index (χ1n) is 19.4. The van der Waals surface area contributed by atoms with Crippen molar-refractivity contribution in [2.75, 3.05) is 63.1 Å². The molecule has 3 aliphatic heterocycles. The number of carboxylic acid groups (broad SMARTS) is 1. The van der Waals surface area contributed by atoms with E-state index in [1.54, 1.807) is 0 Å². The molecule has 0 saturated carbocycles. The van der Waals surface area contributed by atoms with Crippen LogP contribution in [0.3, 0.4) is 0 Å². The summed E-state index contributed by atoms with van der Waals surface area (Å²) in [6.45, 7) is -3.73. The number of halogens is 2. The van der Waals surface area contributed by atoms with Gasteiger partial charge in [-0.1, -0.05) is 6.07 Å². The van der Waals surface area contributed by atoms with Crippen molar-refractivity contribution < 1.29 is 95.2 Å². The van der Waals surface area contributed by atoms with Gasteiger partial charge in [-0.15, -0.1) is 0 Å². The second kappa shape index (κ2) is 21.0. The minimum absolute atomic E-state index is 0.0695. The lowest BCUT2D eigenvalue weighted by atomic mass is 9.99. The topological polar surface area (TPSA) is 367 Å². The number of aliphatic hydroxyl groups is 4. The van der Waals surface area contributed by atoms with Crippen molar-refractivity contribution >= 4 is 57.0 Å². The second-order valence-electron chi connectivity index (χ2n) is 15.0. The molecule has 8 atom stereocenters. The van der Waals surface area contributed by atoms with E-state index in [9.17, 15) is 67.5 Å². The van der Waals surface area contributed by atoms with Gasteiger partial charge in [0.25, 0.3) is 11.8 Å². The number of nitrogen functional groups attached to an aromatic ring is 1. The van der Waals surface area contributed by atoms with Gasteiger partial charge in [-0.3, -0.25) is 33.5 Å². The first-order valence-corrected chi connectivity index (χ1v) is 21.5. The van der Waals surface area contributed by atoms with Crippen molar-refractivity contribution in [3.05, 3.63) is 58.7 Å². The fourth-order valence-corrected chi connectivity index (χ4v) is 6.95. The number of aliphatic carboxylic acids is 1. The van der Waals surface area contributed by atoms with Crippen LogP contribution >= 0.6 is 0 Å². The number of sulfone groups is 1. The summed E-state index contributed by atoms with van der Waals surface area (Å²) < 4.78 is 81.2. The number of hydrogen-bond donors (Lipinski definition) is 7. The highest BCUT2D eigenvalue weighted by Crippen LogP contribution is 2.42. The monoisotopic (exact) mass is 961 g/mol. The van der Waals surface area contributed by atoms with E-state index in [0.717, 1.165) is 57.5 Å². The predicted octanol–water partition coefficient (Wildman–Crippen LogP) is -3.64. The lowest BCUT2D eigenvalue weighted by Gasteiger charge is -2.38. The summed E-state index contributed by atoms with van der Waals surface area (Å²) in [5.41, 5.74) is 4.01. The summed E-state index contributed by atoms with van der Waals surface area (Å²) in [6.07, 6.45) is -14.6. The van der Waals surface area contributed by atoms with Crippen molar-refractivity contribution in [1.29, 1.82) is 0 Å². The molecule has 5 amide bonds. The molecule has 26 nitrogen and oxygen atoms in total. The molecule has 1 aromatic heterocycles. The van der Waals surface area contributed by atoms with E-state index < -0.39 is 145 Å². The van der Waals surface area contributed by atoms with Gasteiger partial charge in [-0.05, 0) is 23.8 Å². The van der Waals surface area contributed by atoms with E-state index in [-0.39, 0.29) is 35.8 Å². The number of carbonyl (C=O) groups excluding carboxylic acids is 5. The molecule has 362 valence electrons. The molecular weight excluding hydrogens is 916 g/mol. The molecule has 66 heavy (non-hydrogen) atoms. The number of alkyl halides is 2. The summed E-state index contributed by atoms with van der Waals surface area (Å²) in [7, 11) is -2.49. The maximum absolute atomic E-state index is 15.0. The number of ether oxygens (including phenoxy) is 5. The van der Waals surface area contributed by atoms with E-state index in [4.69, 9.17) is 29.4 Å². The van der Waals surface area contributed by atoms with Crippen LogP contribution in [-0.2, 0) is 59.4 Å². The molecule has 8 N–H and O–H groups in total. The number of imide groups is 1. The quantitative estimate of drug-likeness (QED) is 0.0527. The minimum atomic E-state index is -4.04. The van der Waals surface area contributed by atoms with E-state index in [0.29, 0.717) is 4.57 Å². The van der Waals surface area contributed by atoms with Crippen molar-refractivity contribution in [2.24, 2.45) is 0 Å². The summed E-state index contributed by atoms with van der Waals surface area (Å²) in [4.78, 5) is 92.8. The number of hydrogen-bond acceptors (Lipinski definition) is 20. The van der Waals surface area contributed by atoms with Gasteiger partial charge in [0.2, 0.25) is 24.3 Å². The Labute approximate surface area is 371 Å². The second-order valence-corrected chi connectivity index (χ2v) is 17.3. The van der Waals surface area contributed by atoms with Crippen LogP contribution < -0.4 is 21.5 Å². The van der Waals surface area contributed by atoms with Crippen LogP contribution in [0.5, 0.6) is 5.75 Å². The van der Waals surface area contributed by atoms with Crippen LogP contribution in [0.1, 0.15) is 18.2 Å². The molecule has 29 heteroatoms. The van der Waals surface area contributed by atoms with E-state index in [1.807, 2.05) is 0 Å². The van der Waals surface area contributed by atoms with Gasteiger partial charge in [0.1, 0.15) is 59.2 Å². The molecule has 0 aliphatic carbocycles. The molecule has 2 aromatic rings. The number of carboxylic acids is 1. The van der Waals surface area contributed by atoms with Gasteiger partial charge in [0.15, 0.2) is 12.2 Å². The average molecular weight is 962 g/mol. The molecule has 4 heterocycles. The zero-order valence-electron chi connectivity index (χ0n) is 34.7. The van der Waals surface area contributed by atoms with Crippen LogP contribution in [0.15, 0.2) is 47.4 Å². The van der Waals surface area contributed by atoms with Crippen LogP contribution in [0.25, 0.3) is 0 Å². The molecule has 0 radical (unpaired) electrons. The molecular formula is C37H45F2N7O19S. The Hall–Kier alpha value is -6.21. The van der Waals surface area contributed by atoms with Gasteiger partial charge in [-0.25, -0.2) is 22.8 Å². The third-order valence-electron chi connectivity index (χ3n) is 10.00. The Balaban J connectivity index is 1.28. The molecule has 5 rings (SSSR count). The molecule has 0 spiro atoms. The van der Waals surface area contributed by atoms with E-state index in [1.165, 1.54) is 13.1 Å². The molecule has 0 unspecified atom stereocenters.